The van der Waals surface area contributed by atoms with Crippen LogP contribution in [0.1, 0.15) is 11.1 Å². The molecule has 106 valence electrons. The van der Waals surface area contributed by atoms with Crippen molar-refractivity contribution in [1.29, 1.82) is 0 Å². The Balaban J connectivity index is 2.11. The van der Waals surface area contributed by atoms with Gasteiger partial charge in [-0.25, -0.2) is 13.2 Å². The molecule has 0 spiro atoms. The van der Waals surface area contributed by atoms with Crippen molar-refractivity contribution in [2.24, 2.45) is 5.73 Å². The molecule has 0 aliphatic rings. The molecule has 0 aliphatic carbocycles. The van der Waals surface area contributed by atoms with Crippen LogP contribution < -0.4 is 5.73 Å². The Kier molecular flexibility index (Phi) is 4.83. The normalized spacial score (nSPS) is 12.4. The minimum absolute atomic E-state index is 0.0218. The van der Waals surface area contributed by atoms with Crippen LogP contribution in [0.3, 0.4) is 0 Å². The largest absolute Gasteiger partial charge is 0.327 e. The summed E-state index contributed by atoms with van der Waals surface area (Å²) in [7, 11) is 0. The molecule has 0 aromatic heterocycles. The van der Waals surface area contributed by atoms with Gasteiger partial charge >= 0.3 is 0 Å². The molecule has 0 heterocycles. The first kappa shape index (κ1) is 15.1. The van der Waals surface area contributed by atoms with Gasteiger partial charge in [-0.05, 0) is 42.7 Å². The summed E-state index contributed by atoms with van der Waals surface area (Å²) in [5.41, 5.74) is 6.24. The van der Waals surface area contributed by atoms with Crippen LogP contribution in [0.2, 0.25) is 0 Å². The lowest BCUT2D eigenvalue weighted by Crippen LogP contribution is -2.27. The first-order chi connectivity index (χ1) is 9.47. The third-order valence-electron chi connectivity index (χ3n) is 3.03. The van der Waals surface area contributed by atoms with Gasteiger partial charge in [0.25, 0.3) is 0 Å². The summed E-state index contributed by atoms with van der Waals surface area (Å²) in [6.45, 7) is 0. The van der Waals surface area contributed by atoms with E-state index in [1.807, 2.05) is 0 Å². The fourth-order valence-electron chi connectivity index (χ4n) is 2.03. The third-order valence-corrected chi connectivity index (χ3v) is 3.52. The number of halogens is 4. The fraction of sp³-hybridized carbons (Fsp3) is 0.200. The second-order valence-electron chi connectivity index (χ2n) is 4.60. The van der Waals surface area contributed by atoms with Crippen LogP contribution in [-0.2, 0) is 12.8 Å². The van der Waals surface area contributed by atoms with Crippen LogP contribution in [-0.4, -0.2) is 6.04 Å². The number of hydrogen-bond acceptors (Lipinski definition) is 1. The molecule has 20 heavy (non-hydrogen) atoms. The van der Waals surface area contributed by atoms with E-state index in [2.05, 4.69) is 15.9 Å². The van der Waals surface area contributed by atoms with Gasteiger partial charge in [0.15, 0.2) is 0 Å². The van der Waals surface area contributed by atoms with Gasteiger partial charge in [0.1, 0.15) is 17.5 Å². The maximum absolute atomic E-state index is 13.7. The predicted octanol–water partition coefficient (Wildman–Crippen LogP) is 3.98. The van der Waals surface area contributed by atoms with Crippen molar-refractivity contribution in [3.05, 3.63) is 69.4 Å². The van der Waals surface area contributed by atoms with Crippen molar-refractivity contribution in [3.8, 4) is 0 Å². The molecule has 1 nitrogen and oxygen atoms in total. The fourth-order valence-corrected chi connectivity index (χ4v) is 2.36. The van der Waals surface area contributed by atoms with E-state index in [0.29, 0.717) is 10.0 Å². The molecule has 2 aromatic rings. The van der Waals surface area contributed by atoms with E-state index >= 15 is 0 Å². The van der Waals surface area contributed by atoms with E-state index in [0.717, 1.165) is 0 Å². The molecule has 0 amide bonds. The van der Waals surface area contributed by atoms with E-state index < -0.39 is 17.7 Å². The van der Waals surface area contributed by atoms with Gasteiger partial charge in [0.2, 0.25) is 0 Å². The molecule has 0 fully saturated rings. The molecule has 1 atom stereocenters. The quantitative estimate of drug-likeness (QED) is 0.892. The van der Waals surface area contributed by atoms with E-state index in [1.54, 1.807) is 12.1 Å². The standard InChI is InChI=1S/C15H13BrF3N/c16-10-5-4-9(15(19)7-10)6-11(20)8-12-13(17)2-1-3-14(12)18/h1-5,7,11H,6,8,20H2. The molecular formula is C15H13BrF3N. The molecule has 0 saturated carbocycles. The molecule has 0 radical (unpaired) electrons. The summed E-state index contributed by atoms with van der Waals surface area (Å²) in [5.74, 6) is -1.64. The topological polar surface area (TPSA) is 26.0 Å². The monoisotopic (exact) mass is 343 g/mol. The molecule has 0 aliphatic heterocycles. The Morgan fingerprint density at radius 3 is 2.20 bits per heavy atom. The highest BCUT2D eigenvalue weighted by Gasteiger charge is 2.15. The van der Waals surface area contributed by atoms with Crippen LogP contribution in [0, 0.1) is 17.5 Å². The van der Waals surface area contributed by atoms with Crippen molar-refractivity contribution in [2.45, 2.75) is 18.9 Å². The maximum Gasteiger partial charge on any atom is 0.129 e. The molecule has 2 rings (SSSR count). The minimum atomic E-state index is -0.628. The Hall–Kier alpha value is -1.33. The summed E-state index contributed by atoms with van der Waals surface area (Å²) >= 11 is 3.16. The third kappa shape index (κ3) is 3.61. The number of nitrogens with two attached hydrogens (primary N) is 1. The lowest BCUT2D eigenvalue weighted by atomic mass is 9.99. The molecule has 5 heteroatoms. The second kappa shape index (κ2) is 6.41. The Bertz CT molecular complexity index is 596. The second-order valence-corrected chi connectivity index (χ2v) is 5.52. The zero-order chi connectivity index (χ0) is 14.7. The Morgan fingerprint density at radius 1 is 0.950 bits per heavy atom. The predicted molar refractivity (Wildman–Crippen MR) is 75.8 cm³/mol. The summed E-state index contributed by atoms with van der Waals surface area (Å²) in [4.78, 5) is 0. The van der Waals surface area contributed by atoms with Gasteiger partial charge in [-0.2, -0.15) is 0 Å². The van der Waals surface area contributed by atoms with Gasteiger partial charge < -0.3 is 5.73 Å². The van der Waals surface area contributed by atoms with E-state index in [1.165, 1.54) is 24.3 Å². The zero-order valence-electron chi connectivity index (χ0n) is 10.5. The van der Waals surface area contributed by atoms with Crippen LogP contribution in [0.25, 0.3) is 0 Å². The van der Waals surface area contributed by atoms with Crippen molar-refractivity contribution in [2.75, 3.05) is 0 Å². The van der Waals surface area contributed by atoms with E-state index in [9.17, 15) is 13.2 Å². The van der Waals surface area contributed by atoms with Crippen molar-refractivity contribution >= 4 is 15.9 Å². The number of benzene rings is 2. The van der Waals surface area contributed by atoms with Gasteiger partial charge in [0, 0.05) is 16.1 Å². The first-order valence-electron chi connectivity index (χ1n) is 6.09. The highest BCUT2D eigenvalue weighted by molar-refractivity contribution is 9.10. The SMILES string of the molecule is NC(Cc1ccc(Br)cc1F)Cc1c(F)cccc1F. The first-order valence-corrected chi connectivity index (χ1v) is 6.89. The van der Waals surface area contributed by atoms with Crippen molar-refractivity contribution in [3.63, 3.8) is 0 Å². The zero-order valence-corrected chi connectivity index (χ0v) is 12.1. The summed E-state index contributed by atoms with van der Waals surface area (Å²) in [6.07, 6.45) is 0.237. The highest BCUT2D eigenvalue weighted by atomic mass is 79.9. The van der Waals surface area contributed by atoms with Crippen LogP contribution in [0.5, 0.6) is 0 Å². The molecule has 0 saturated heterocycles. The average molecular weight is 344 g/mol. The van der Waals surface area contributed by atoms with Gasteiger partial charge in [-0.1, -0.05) is 28.1 Å². The van der Waals surface area contributed by atoms with Gasteiger partial charge in [0.05, 0.1) is 0 Å². The molecule has 1 unspecified atom stereocenters. The molecule has 2 aromatic carbocycles. The highest BCUT2D eigenvalue weighted by Crippen LogP contribution is 2.19. The lowest BCUT2D eigenvalue weighted by molar-refractivity contribution is 0.528. The minimum Gasteiger partial charge on any atom is -0.327 e. The molecule has 0 bridgehead atoms. The maximum atomic E-state index is 13.7. The summed E-state index contributed by atoms with van der Waals surface area (Å²) in [6, 6.07) is 7.76. The van der Waals surface area contributed by atoms with Gasteiger partial charge in [-0.15, -0.1) is 0 Å². The van der Waals surface area contributed by atoms with Crippen LogP contribution in [0.15, 0.2) is 40.9 Å². The Morgan fingerprint density at radius 2 is 1.60 bits per heavy atom. The van der Waals surface area contributed by atoms with E-state index in [-0.39, 0.29) is 24.2 Å². The average Bonchev–Trinajstić information content (AvgIpc) is 2.37. The summed E-state index contributed by atoms with van der Waals surface area (Å²) in [5, 5.41) is 0. The number of hydrogen-bond donors (Lipinski definition) is 1. The van der Waals surface area contributed by atoms with Crippen LogP contribution in [0.4, 0.5) is 13.2 Å². The molecular weight excluding hydrogens is 331 g/mol. The van der Waals surface area contributed by atoms with Crippen LogP contribution >= 0.6 is 15.9 Å². The smallest absolute Gasteiger partial charge is 0.129 e. The summed E-state index contributed by atoms with van der Waals surface area (Å²) < 4.78 is 41.3. The Labute approximate surface area is 123 Å². The van der Waals surface area contributed by atoms with Gasteiger partial charge in [-0.3, -0.25) is 0 Å². The molecule has 2 N–H and O–H groups in total. The van der Waals surface area contributed by atoms with Crippen molar-refractivity contribution in [1.82, 2.24) is 0 Å². The number of rotatable bonds is 4. The lowest BCUT2D eigenvalue weighted by Gasteiger charge is -2.13. The van der Waals surface area contributed by atoms with E-state index in [4.69, 9.17) is 5.73 Å². The van der Waals surface area contributed by atoms with Crippen molar-refractivity contribution < 1.29 is 13.2 Å².